The summed E-state index contributed by atoms with van der Waals surface area (Å²) in [6.45, 7) is 0.174. The Kier molecular flexibility index (Phi) is 4.15. The lowest BCUT2D eigenvalue weighted by atomic mass is 10.1. The Labute approximate surface area is 116 Å². The van der Waals surface area contributed by atoms with Gasteiger partial charge in [0.05, 0.1) is 5.75 Å². The molecule has 6 heteroatoms. The van der Waals surface area contributed by atoms with E-state index in [1.165, 1.54) is 24.3 Å². The number of rotatable bonds is 4. The van der Waals surface area contributed by atoms with Crippen molar-refractivity contribution in [3.8, 4) is 0 Å². The molecule has 2 rings (SSSR count). The van der Waals surface area contributed by atoms with Gasteiger partial charge in [-0.25, -0.2) is 17.2 Å². The van der Waals surface area contributed by atoms with E-state index in [1.807, 2.05) is 0 Å². The molecule has 0 radical (unpaired) electrons. The fourth-order valence-corrected chi connectivity index (χ4v) is 3.28. The number of benzene rings is 2. The molecule has 0 saturated carbocycles. The van der Waals surface area contributed by atoms with Crippen LogP contribution in [0.1, 0.15) is 11.1 Å². The van der Waals surface area contributed by atoms with Crippen molar-refractivity contribution in [2.75, 3.05) is 0 Å². The summed E-state index contributed by atoms with van der Waals surface area (Å²) in [6, 6.07) is 9.05. The van der Waals surface area contributed by atoms with Gasteiger partial charge in [-0.2, -0.15) is 0 Å². The molecular weight excluding hydrogens is 284 g/mol. The predicted molar refractivity (Wildman–Crippen MR) is 71.6 cm³/mol. The van der Waals surface area contributed by atoms with E-state index in [-0.39, 0.29) is 12.1 Å². The molecular formula is C14H13F2NO2S. The van der Waals surface area contributed by atoms with E-state index in [1.54, 1.807) is 0 Å². The van der Waals surface area contributed by atoms with Gasteiger partial charge >= 0.3 is 0 Å². The third-order valence-corrected chi connectivity index (χ3v) is 4.56. The summed E-state index contributed by atoms with van der Waals surface area (Å²) in [5.74, 6) is -2.10. The van der Waals surface area contributed by atoms with Crippen LogP contribution in [0.5, 0.6) is 0 Å². The summed E-state index contributed by atoms with van der Waals surface area (Å²) in [6.07, 6.45) is 0. The van der Waals surface area contributed by atoms with E-state index >= 15 is 0 Å². The van der Waals surface area contributed by atoms with Crippen LogP contribution in [0.2, 0.25) is 0 Å². The fourth-order valence-electron chi connectivity index (χ4n) is 1.85. The second-order valence-electron chi connectivity index (χ2n) is 4.32. The summed E-state index contributed by atoms with van der Waals surface area (Å²) in [5.41, 5.74) is 6.03. The SMILES string of the molecule is NCc1ccc(F)c(CS(=O)(=O)c2ccccc2F)c1. The van der Waals surface area contributed by atoms with Crippen molar-refractivity contribution < 1.29 is 17.2 Å². The second-order valence-corrected chi connectivity index (χ2v) is 6.28. The highest BCUT2D eigenvalue weighted by Crippen LogP contribution is 2.21. The molecule has 0 atom stereocenters. The molecule has 0 aromatic heterocycles. The quantitative estimate of drug-likeness (QED) is 0.942. The highest BCUT2D eigenvalue weighted by molar-refractivity contribution is 7.90. The largest absolute Gasteiger partial charge is 0.326 e. The van der Waals surface area contributed by atoms with Gasteiger partial charge in [0.25, 0.3) is 0 Å². The van der Waals surface area contributed by atoms with E-state index in [0.29, 0.717) is 5.56 Å². The number of halogens is 2. The maximum atomic E-state index is 13.7. The fraction of sp³-hybridized carbons (Fsp3) is 0.143. The second kappa shape index (κ2) is 5.68. The first kappa shape index (κ1) is 14.6. The number of nitrogens with two attached hydrogens (primary N) is 1. The average molecular weight is 297 g/mol. The van der Waals surface area contributed by atoms with Crippen LogP contribution in [0, 0.1) is 11.6 Å². The van der Waals surface area contributed by atoms with E-state index in [9.17, 15) is 17.2 Å². The number of hydrogen-bond donors (Lipinski definition) is 1. The molecule has 0 heterocycles. The Hall–Kier alpha value is -1.79. The highest BCUT2D eigenvalue weighted by atomic mass is 32.2. The summed E-state index contributed by atoms with van der Waals surface area (Å²) in [5, 5.41) is 0. The van der Waals surface area contributed by atoms with Crippen LogP contribution in [0.15, 0.2) is 47.4 Å². The van der Waals surface area contributed by atoms with Crippen LogP contribution in [0.4, 0.5) is 8.78 Å². The van der Waals surface area contributed by atoms with E-state index in [4.69, 9.17) is 5.73 Å². The van der Waals surface area contributed by atoms with Gasteiger partial charge in [-0.15, -0.1) is 0 Å². The summed E-state index contributed by atoms with van der Waals surface area (Å²) < 4.78 is 51.5. The van der Waals surface area contributed by atoms with Crippen molar-refractivity contribution >= 4 is 9.84 Å². The molecule has 2 N–H and O–H groups in total. The highest BCUT2D eigenvalue weighted by Gasteiger charge is 2.21. The van der Waals surface area contributed by atoms with Crippen LogP contribution in [0.25, 0.3) is 0 Å². The third kappa shape index (κ3) is 3.02. The molecule has 0 saturated heterocycles. The Morgan fingerprint density at radius 2 is 1.70 bits per heavy atom. The van der Waals surface area contributed by atoms with Gasteiger partial charge in [0.1, 0.15) is 16.5 Å². The Morgan fingerprint density at radius 3 is 2.35 bits per heavy atom. The molecule has 0 unspecified atom stereocenters. The normalized spacial score (nSPS) is 11.6. The van der Waals surface area contributed by atoms with Gasteiger partial charge < -0.3 is 5.73 Å². The lowest BCUT2D eigenvalue weighted by molar-refractivity contribution is 0.563. The molecule has 0 aliphatic carbocycles. The van der Waals surface area contributed by atoms with Crippen molar-refractivity contribution in [1.82, 2.24) is 0 Å². The molecule has 0 bridgehead atoms. The zero-order valence-electron chi connectivity index (χ0n) is 10.5. The van der Waals surface area contributed by atoms with E-state index in [0.717, 1.165) is 18.2 Å². The molecule has 2 aromatic rings. The maximum Gasteiger partial charge on any atom is 0.185 e. The first-order valence-corrected chi connectivity index (χ1v) is 7.54. The third-order valence-electron chi connectivity index (χ3n) is 2.86. The zero-order chi connectivity index (χ0) is 14.8. The van der Waals surface area contributed by atoms with Crippen LogP contribution in [-0.2, 0) is 22.1 Å². The summed E-state index contributed by atoms with van der Waals surface area (Å²) in [7, 11) is -3.95. The first-order chi connectivity index (χ1) is 9.44. The Balaban J connectivity index is 2.41. The maximum absolute atomic E-state index is 13.7. The smallest absolute Gasteiger partial charge is 0.185 e. The zero-order valence-corrected chi connectivity index (χ0v) is 11.3. The molecule has 106 valence electrons. The van der Waals surface area contributed by atoms with Crippen LogP contribution in [0.3, 0.4) is 0 Å². The lowest BCUT2D eigenvalue weighted by Crippen LogP contribution is -2.09. The van der Waals surface area contributed by atoms with Crippen molar-refractivity contribution in [1.29, 1.82) is 0 Å². The molecule has 0 spiro atoms. The lowest BCUT2D eigenvalue weighted by Gasteiger charge is -2.08. The average Bonchev–Trinajstić information content (AvgIpc) is 2.41. The topological polar surface area (TPSA) is 60.2 Å². The molecule has 20 heavy (non-hydrogen) atoms. The first-order valence-electron chi connectivity index (χ1n) is 5.88. The van der Waals surface area contributed by atoms with Gasteiger partial charge in [-0.05, 0) is 23.8 Å². The van der Waals surface area contributed by atoms with Gasteiger partial charge in [-0.1, -0.05) is 24.3 Å². The molecule has 3 nitrogen and oxygen atoms in total. The predicted octanol–water partition coefficient (Wildman–Crippen LogP) is 2.40. The molecule has 0 aliphatic heterocycles. The van der Waals surface area contributed by atoms with E-state index in [2.05, 4.69) is 0 Å². The van der Waals surface area contributed by atoms with Crippen LogP contribution < -0.4 is 5.73 Å². The van der Waals surface area contributed by atoms with Crippen LogP contribution in [-0.4, -0.2) is 8.42 Å². The molecule has 0 aliphatic rings. The summed E-state index contributed by atoms with van der Waals surface area (Å²) >= 11 is 0. The Bertz CT molecular complexity index is 730. The van der Waals surface area contributed by atoms with Gasteiger partial charge in [-0.3, -0.25) is 0 Å². The van der Waals surface area contributed by atoms with Gasteiger partial charge in [0.2, 0.25) is 0 Å². The number of hydrogen-bond acceptors (Lipinski definition) is 3. The molecule has 0 amide bonds. The standard InChI is InChI=1S/C14H13F2NO2S/c15-12-6-5-10(8-17)7-11(12)9-20(18,19)14-4-2-1-3-13(14)16/h1-7H,8-9,17H2. The van der Waals surface area contributed by atoms with Gasteiger partial charge in [0, 0.05) is 12.1 Å². The van der Waals surface area contributed by atoms with Crippen LogP contribution >= 0.6 is 0 Å². The monoisotopic (exact) mass is 297 g/mol. The van der Waals surface area contributed by atoms with E-state index < -0.39 is 32.1 Å². The van der Waals surface area contributed by atoms with Crippen molar-refractivity contribution in [2.24, 2.45) is 5.73 Å². The molecule has 2 aromatic carbocycles. The Morgan fingerprint density at radius 1 is 1.00 bits per heavy atom. The van der Waals surface area contributed by atoms with Crippen molar-refractivity contribution in [2.45, 2.75) is 17.2 Å². The van der Waals surface area contributed by atoms with Crippen molar-refractivity contribution in [3.63, 3.8) is 0 Å². The van der Waals surface area contributed by atoms with Crippen molar-refractivity contribution in [3.05, 3.63) is 65.2 Å². The number of sulfone groups is 1. The minimum absolute atomic E-state index is 0.0174. The summed E-state index contributed by atoms with van der Waals surface area (Å²) in [4.78, 5) is -0.433. The molecule has 0 fully saturated rings. The minimum atomic E-state index is -3.95. The minimum Gasteiger partial charge on any atom is -0.326 e. The van der Waals surface area contributed by atoms with Gasteiger partial charge in [0.15, 0.2) is 9.84 Å².